The monoisotopic (exact) mass is 322 g/mol. The molecule has 1 amide bonds. The minimum atomic E-state index is -0.0828. The Morgan fingerprint density at radius 1 is 1.24 bits per heavy atom. The number of carbonyl (C=O) groups is 1. The maximum Gasteiger partial charge on any atom is 0.254 e. The zero-order valence-corrected chi connectivity index (χ0v) is 12.5. The summed E-state index contributed by atoms with van der Waals surface area (Å²) < 4.78 is 5.66. The second kappa shape index (κ2) is 5.92. The number of aromatic nitrogens is 1. The van der Waals surface area contributed by atoms with Crippen molar-refractivity contribution in [1.29, 1.82) is 0 Å². The van der Waals surface area contributed by atoms with E-state index >= 15 is 0 Å². The molecule has 3 rings (SSSR count). The predicted molar refractivity (Wildman–Crippen MR) is 81.0 cm³/mol. The predicted octanol–water partition coefficient (Wildman–Crippen LogP) is 3.29. The first-order valence-electron chi connectivity index (χ1n) is 6.45. The molecule has 0 saturated carbocycles. The largest absolute Gasteiger partial charge is 0.470 e. The SMILES string of the molecule is O=C(c1cccc(Cl)c1)N1CC(Oc2ncccc2Cl)C1. The summed E-state index contributed by atoms with van der Waals surface area (Å²) in [6, 6.07) is 10.4. The number of pyridine rings is 1. The van der Waals surface area contributed by atoms with Crippen LogP contribution in [0.2, 0.25) is 10.0 Å². The van der Waals surface area contributed by atoms with Gasteiger partial charge in [0, 0.05) is 16.8 Å². The summed E-state index contributed by atoms with van der Waals surface area (Å²) in [5.41, 5.74) is 0.580. The molecule has 0 bridgehead atoms. The molecule has 1 saturated heterocycles. The van der Waals surface area contributed by atoms with Gasteiger partial charge in [-0.25, -0.2) is 4.98 Å². The van der Waals surface area contributed by atoms with Crippen molar-refractivity contribution in [3.63, 3.8) is 0 Å². The fraction of sp³-hybridized carbons (Fsp3) is 0.200. The molecular weight excluding hydrogens is 311 g/mol. The standard InChI is InChI=1S/C15H12Cl2N2O2/c16-11-4-1-3-10(7-11)15(20)19-8-12(9-19)21-14-13(17)5-2-6-18-14/h1-7,12H,8-9H2. The minimum Gasteiger partial charge on any atom is -0.470 e. The van der Waals surface area contributed by atoms with Crippen LogP contribution < -0.4 is 4.74 Å². The third-order valence-corrected chi connectivity index (χ3v) is 3.73. The third kappa shape index (κ3) is 3.12. The Balaban J connectivity index is 1.58. The Labute approximate surface area is 132 Å². The van der Waals surface area contributed by atoms with Gasteiger partial charge in [-0.2, -0.15) is 0 Å². The van der Waals surface area contributed by atoms with Crippen LogP contribution in [0.15, 0.2) is 42.6 Å². The smallest absolute Gasteiger partial charge is 0.254 e. The first kappa shape index (κ1) is 14.2. The lowest BCUT2D eigenvalue weighted by molar-refractivity contribution is 0.0160. The van der Waals surface area contributed by atoms with E-state index in [0.717, 1.165) is 0 Å². The topological polar surface area (TPSA) is 42.4 Å². The Morgan fingerprint density at radius 3 is 2.76 bits per heavy atom. The maximum absolute atomic E-state index is 12.2. The normalized spacial score (nSPS) is 14.7. The highest BCUT2D eigenvalue weighted by Gasteiger charge is 2.33. The van der Waals surface area contributed by atoms with Crippen LogP contribution >= 0.6 is 23.2 Å². The van der Waals surface area contributed by atoms with Gasteiger partial charge in [0.15, 0.2) is 0 Å². The molecule has 0 N–H and O–H groups in total. The lowest BCUT2D eigenvalue weighted by Gasteiger charge is -2.38. The summed E-state index contributed by atoms with van der Waals surface area (Å²) in [5.74, 6) is 0.350. The number of amides is 1. The number of hydrogen-bond donors (Lipinski definition) is 0. The van der Waals surface area contributed by atoms with E-state index in [-0.39, 0.29) is 12.0 Å². The van der Waals surface area contributed by atoms with E-state index in [1.54, 1.807) is 47.5 Å². The van der Waals surface area contributed by atoms with E-state index in [1.807, 2.05) is 0 Å². The van der Waals surface area contributed by atoms with E-state index in [9.17, 15) is 4.79 Å². The van der Waals surface area contributed by atoms with Gasteiger partial charge < -0.3 is 9.64 Å². The highest BCUT2D eigenvalue weighted by Crippen LogP contribution is 2.24. The first-order valence-corrected chi connectivity index (χ1v) is 7.21. The van der Waals surface area contributed by atoms with Crippen molar-refractivity contribution in [2.24, 2.45) is 0 Å². The summed E-state index contributed by atoms with van der Waals surface area (Å²) >= 11 is 11.9. The van der Waals surface area contributed by atoms with Gasteiger partial charge in [-0.3, -0.25) is 4.79 Å². The molecule has 1 aliphatic rings. The second-order valence-electron chi connectivity index (χ2n) is 4.75. The van der Waals surface area contributed by atoms with Crippen LogP contribution in [-0.2, 0) is 0 Å². The highest BCUT2D eigenvalue weighted by molar-refractivity contribution is 6.31. The molecule has 1 aliphatic heterocycles. The van der Waals surface area contributed by atoms with Crippen LogP contribution in [-0.4, -0.2) is 35.0 Å². The molecule has 0 aliphatic carbocycles. The van der Waals surface area contributed by atoms with Crippen LogP contribution in [0.1, 0.15) is 10.4 Å². The minimum absolute atomic E-state index is 0.0514. The molecule has 0 radical (unpaired) electrons. The molecule has 0 spiro atoms. The van der Waals surface area contributed by atoms with Gasteiger partial charge in [-0.15, -0.1) is 0 Å². The average Bonchev–Trinajstić information content (AvgIpc) is 2.43. The lowest BCUT2D eigenvalue weighted by atomic mass is 10.1. The van der Waals surface area contributed by atoms with E-state index in [1.165, 1.54) is 0 Å². The van der Waals surface area contributed by atoms with Gasteiger partial charge in [-0.05, 0) is 30.3 Å². The molecule has 108 valence electrons. The summed E-state index contributed by atoms with van der Waals surface area (Å²) in [6.07, 6.45) is 1.54. The summed E-state index contributed by atoms with van der Waals surface area (Å²) in [5, 5.41) is 1.02. The molecule has 1 aromatic carbocycles. The number of likely N-dealkylation sites (tertiary alicyclic amines) is 1. The summed E-state index contributed by atoms with van der Waals surface area (Å²) in [6.45, 7) is 1.02. The fourth-order valence-corrected chi connectivity index (χ4v) is 2.45. The zero-order chi connectivity index (χ0) is 14.8. The molecule has 4 nitrogen and oxygen atoms in total. The molecule has 6 heteroatoms. The Kier molecular flexibility index (Phi) is 3.99. The lowest BCUT2D eigenvalue weighted by Crippen LogP contribution is -2.56. The van der Waals surface area contributed by atoms with Crippen molar-refractivity contribution in [1.82, 2.24) is 9.88 Å². The quantitative estimate of drug-likeness (QED) is 0.870. The van der Waals surface area contributed by atoms with Crippen molar-refractivity contribution in [2.75, 3.05) is 13.1 Å². The Morgan fingerprint density at radius 2 is 2.05 bits per heavy atom. The van der Waals surface area contributed by atoms with E-state index in [4.69, 9.17) is 27.9 Å². The van der Waals surface area contributed by atoms with Gasteiger partial charge in [0.05, 0.1) is 13.1 Å². The first-order chi connectivity index (χ1) is 10.1. The second-order valence-corrected chi connectivity index (χ2v) is 5.59. The molecule has 2 heterocycles. The molecule has 0 unspecified atom stereocenters. The highest BCUT2D eigenvalue weighted by atomic mass is 35.5. The maximum atomic E-state index is 12.2. The van der Waals surface area contributed by atoms with Crippen LogP contribution in [0.3, 0.4) is 0 Å². The van der Waals surface area contributed by atoms with Crippen LogP contribution in [0, 0.1) is 0 Å². The van der Waals surface area contributed by atoms with E-state index in [2.05, 4.69) is 4.98 Å². The van der Waals surface area contributed by atoms with Gasteiger partial charge in [0.25, 0.3) is 5.91 Å². The van der Waals surface area contributed by atoms with Crippen LogP contribution in [0.5, 0.6) is 5.88 Å². The summed E-state index contributed by atoms with van der Waals surface area (Å²) in [7, 11) is 0. The number of halogens is 2. The average molecular weight is 323 g/mol. The zero-order valence-electron chi connectivity index (χ0n) is 11.0. The molecule has 21 heavy (non-hydrogen) atoms. The number of rotatable bonds is 3. The van der Waals surface area contributed by atoms with Crippen molar-refractivity contribution in [2.45, 2.75) is 6.10 Å². The van der Waals surface area contributed by atoms with Crippen LogP contribution in [0.25, 0.3) is 0 Å². The van der Waals surface area contributed by atoms with Gasteiger partial charge >= 0.3 is 0 Å². The van der Waals surface area contributed by atoms with E-state index < -0.39 is 0 Å². The number of ether oxygens (including phenoxy) is 1. The molecule has 1 aromatic heterocycles. The van der Waals surface area contributed by atoms with Gasteiger partial charge in [-0.1, -0.05) is 29.3 Å². The van der Waals surface area contributed by atoms with Crippen molar-refractivity contribution in [3.05, 3.63) is 58.2 Å². The van der Waals surface area contributed by atoms with Crippen molar-refractivity contribution in [3.8, 4) is 5.88 Å². The molecular formula is C15H12Cl2N2O2. The van der Waals surface area contributed by atoms with Gasteiger partial charge in [0.2, 0.25) is 5.88 Å². The van der Waals surface area contributed by atoms with E-state index in [0.29, 0.717) is 34.6 Å². The Hall–Kier alpha value is -1.78. The fourth-order valence-electron chi connectivity index (χ4n) is 2.10. The molecule has 1 fully saturated rings. The third-order valence-electron chi connectivity index (χ3n) is 3.21. The van der Waals surface area contributed by atoms with Crippen LogP contribution in [0.4, 0.5) is 0 Å². The Bertz CT molecular complexity index is 672. The molecule has 2 aromatic rings. The number of hydrogen-bond acceptors (Lipinski definition) is 3. The van der Waals surface area contributed by atoms with Crippen molar-refractivity contribution < 1.29 is 9.53 Å². The number of benzene rings is 1. The number of carbonyl (C=O) groups excluding carboxylic acids is 1. The molecule has 0 atom stereocenters. The summed E-state index contributed by atoms with van der Waals surface area (Å²) in [4.78, 5) is 18.0. The van der Waals surface area contributed by atoms with Gasteiger partial charge in [0.1, 0.15) is 11.1 Å². The van der Waals surface area contributed by atoms with Crippen molar-refractivity contribution >= 4 is 29.1 Å². The number of nitrogens with zero attached hydrogens (tertiary/aromatic N) is 2.